The number of piperidine rings is 1. The van der Waals surface area contributed by atoms with E-state index in [-0.39, 0.29) is 10.7 Å². The molecule has 0 radical (unpaired) electrons. The minimum Gasteiger partial charge on any atom is -0.495 e. The van der Waals surface area contributed by atoms with Gasteiger partial charge in [-0.3, -0.25) is 4.79 Å². The van der Waals surface area contributed by atoms with E-state index in [1.54, 1.807) is 6.07 Å². The number of amides is 1. The molecule has 31 heavy (non-hydrogen) atoms. The Morgan fingerprint density at radius 2 is 1.84 bits per heavy atom. The predicted octanol–water partition coefficient (Wildman–Crippen LogP) is 6.66. The van der Waals surface area contributed by atoms with Gasteiger partial charge in [-0.1, -0.05) is 23.2 Å². The molecule has 0 unspecified atom stereocenters. The summed E-state index contributed by atoms with van der Waals surface area (Å²) in [6.45, 7) is 1.45. The Bertz CT molecular complexity index is 987. The highest BCUT2D eigenvalue weighted by atomic mass is 35.5. The van der Waals surface area contributed by atoms with Crippen LogP contribution >= 0.6 is 23.2 Å². The first-order valence-electron chi connectivity index (χ1n) is 9.67. The van der Waals surface area contributed by atoms with Crippen molar-refractivity contribution >= 4 is 46.6 Å². The van der Waals surface area contributed by atoms with Crippen molar-refractivity contribution in [1.82, 2.24) is 0 Å². The molecule has 1 aliphatic heterocycles. The highest BCUT2D eigenvalue weighted by Crippen LogP contribution is 2.37. The summed E-state index contributed by atoms with van der Waals surface area (Å²) in [5, 5.41) is 3.22. The summed E-state index contributed by atoms with van der Waals surface area (Å²) in [4.78, 5) is 14.5. The van der Waals surface area contributed by atoms with Gasteiger partial charge in [-0.05, 0) is 55.7 Å². The Kier molecular flexibility index (Phi) is 7.38. The lowest BCUT2D eigenvalue weighted by Gasteiger charge is -2.31. The number of nitrogens with one attached hydrogen (secondary N) is 1. The van der Waals surface area contributed by atoms with Crippen molar-refractivity contribution < 1.29 is 22.7 Å². The van der Waals surface area contributed by atoms with Gasteiger partial charge < -0.3 is 15.0 Å². The number of benzene rings is 2. The minimum absolute atomic E-state index is 0.113. The van der Waals surface area contributed by atoms with Crippen LogP contribution in [0, 0.1) is 0 Å². The molecule has 4 nitrogen and oxygen atoms in total. The van der Waals surface area contributed by atoms with Gasteiger partial charge in [0.2, 0.25) is 5.91 Å². The van der Waals surface area contributed by atoms with Crippen molar-refractivity contribution in [2.45, 2.75) is 25.4 Å². The quantitative estimate of drug-likeness (QED) is 0.494. The van der Waals surface area contributed by atoms with E-state index in [0.717, 1.165) is 44.5 Å². The lowest BCUT2D eigenvalue weighted by Crippen LogP contribution is -2.30. The molecule has 0 bridgehead atoms. The van der Waals surface area contributed by atoms with Crippen LogP contribution < -0.4 is 15.0 Å². The second-order valence-corrected chi connectivity index (χ2v) is 7.95. The molecule has 1 N–H and O–H groups in total. The van der Waals surface area contributed by atoms with Gasteiger partial charge in [0.05, 0.1) is 29.1 Å². The highest BCUT2D eigenvalue weighted by molar-refractivity contribution is 6.36. The van der Waals surface area contributed by atoms with E-state index < -0.39 is 17.6 Å². The monoisotopic (exact) mass is 472 g/mol. The molecule has 1 saturated heterocycles. The van der Waals surface area contributed by atoms with Gasteiger partial charge in [0.15, 0.2) is 0 Å². The van der Waals surface area contributed by atoms with E-state index in [1.807, 2.05) is 4.90 Å². The molecule has 3 rings (SSSR count). The molecule has 0 aliphatic carbocycles. The van der Waals surface area contributed by atoms with Crippen molar-refractivity contribution in [3.63, 3.8) is 0 Å². The number of carbonyl (C=O) groups is 1. The molecule has 1 heterocycles. The summed E-state index contributed by atoms with van der Waals surface area (Å²) in [6.07, 6.45) is 1.10. The second-order valence-electron chi connectivity index (χ2n) is 7.11. The average Bonchev–Trinajstić information content (AvgIpc) is 2.72. The first-order valence-corrected chi connectivity index (χ1v) is 10.4. The van der Waals surface area contributed by atoms with E-state index >= 15 is 0 Å². The molecule has 1 amide bonds. The third-order valence-electron chi connectivity index (χ3n) is 4.93. The zero-order valence-corrected chi connectivity index (χ0v) is 18.2. The van der Waals surface area contributed by atoms with Crippen molar-refractivity contribution in [3.05, 3.63) is 57.6 Å². The molecule has 0 spiro atoms. The predicted molar refractivity (Wildman–Crippen MR) is 118 cm³/mol. The first-order chi connectivity index (χ1) is 14.7. The van der Waals surface area contributed by atoms with E-state index in [0.29, 0.717) is 22.0 Å². The van der Waals surface area contributed by atoms with Crippen molar-refractivity contribution in [3.8, 4) is 5.75 Å². The van der Waals surface area contributed by atoms with Gasteiger partial charge in [-0.25, -0.2) is 0 Å². The number of anilines is 2. The fraction of sp³-hybridized carbons (Fsp3) is 0.318. The number of hydrogen-bond acceptors (Lipinski definition) is 3. The summed E-state index contributed by atoms with van der Waals surface area (Å²) < 4.78 is 44.9. The maximum Gasteiger partial charge on any atom is 0.416 e. The SMILES string of the molecule is COc1c(Cl)cc(Cl)cc1C=CC(=O)Nc1cc(C(F)(F)F)ccc1N1CCCCC1. The smallest absolute Gasteiger partial charge is 0.416 e. The van der Waals surface area contributed by atoms with Crippen LogP contribution in [0.15, 0.2) is 36.4 Å². The highest BCUT2D eigenvalue weighted by Gasteiger charge is 2.31. The van der Waals surface area contributed by atoms with E-state index in [4.69, 9.17) is 27.9 Å². The molecular formula is C22H21Cl2F3N2O2. The van der Waals surface area contributed by atoms with Crippen LogP contribution in [0.4, 0.5) is 24.5 Å². The standard InChI is InChI=1S/C22H21Cl2F3N2O2/c1-31-21-14(11-16(23)13-17(21)24)5-8-20(30)28-18-12-15(22(25,26)27)6-7-19(18)29-9-3-2-4-10-29/h5-8,11-13H,2-4,9-10H2,1H3,(H,28,30). The molecule has 2 aromatic carbocycles. The fourth-order valence-electron chi connectivity index (χ4n) is 3.48. The lowest BCUT2D eigenvalue weighted by atomic mass is 10.1. The number of nitrogens with zero attached hydrogens (tertiary/aromatic N) is 1. The van der Waals surface area contributed by atoms with Crippen LogP contribution in [0.1, 0.15) is 30.4 Å². The van der Waals surface area contributed by atoms with E-state index in [9.17, 15) is 18.0 Å². The Labute approximate surface area is 188 Å². The molecule has 0 aromatic heterocycles. The maximum atomic E-state index is 13.2. The van der Waals surface area contributed by atoms with Crippen LogP contribution in [0.2, 0.25) is 10.0 Å². The van der Waals surface area contributed by atoms with Crippen LogP contribution in [-0.2, 0) is 11.0 Å². The van der Waals surface area contributed by atoms with E-state index in [2.05, 4.69) is 5.32 Å². The number of carbonyl (C=O) groups excluding carboxylic acids is 1. The lowest BCUT2D eigenvalue weighted by molar-refractivity contribution is -0.137. The van der Waals surface area contributed by atoms with Gasteiger partial charge in [0, 0.05) is 29.8 Å². The molecule has 9 heteroatoms. The third kappa shape index (κ3) is 5.86. The number of alkyl halides is 3. The number of methoxy groups -OCH3 is 1. The maximum absolute atomic E-state index is 13.2. The van der Waals surface area contributed by atoms with Crippen LogP contribution in [0.25, 0.3) is 6.08 Å². The van der Waals surface area contributed by atoms with Gasteiger partial charge in [0.1, 0.15) is 5.75 Å². The largest absolute Gasteiger partial charge is 0.495 e. The van der Waals surface area contributed by atoms with Gasteiger partial charge in [-0.15, -0.1) is 0 Å². The Balaban J connectivity index is 1.88. The van der Waals surface area contributed by atoms with Crippen LogP contribution in [0.5, 0.6) is 5.75 Å². The fourth-order valence-corrected chi connectivity index (χ4v) is 4.07. The topological polar surface area (TPSA) is 41.6 Å². The van der Waals surface area contributed by atoms with Crippen molar-refractivity contribution in [1.29, 1.82) is 0 Å². The number of ether oxygens (including phenoxy) is 1. The zero-order chi connectivity index (χ0) is 22.6. The molecule has 0 saturated carbocycles. The summed E-state index contributed by atoms with van der Waals surface area (Å²) in [5.41, 5.74) is 0.326. The molecule has 0 atom stereocenters. The molecule has 2 aromatic rings. The summed E-state index contributed by atoms with van der Waals surface area (Å²) in [6, 6.07) is 6.49. The second kappa shape index (κ2) is 9.83. The number of halogens is 5. The molecule has 166 valence electrons. The van der Waals surface area contributed by atoms with Gasteiger partial charge in [0.25, 0.3) is 0 Å². The Morgan fingerprint density at radius 1 is 1.13 bits per heavy atom. The molecule has 1 aliphatic rings. The van der Waals surface area contributed by atoms with Crippen LogP contribution in [-0.4, -0.2) is 26.1 Å². The van der Waals surface area contributed by atoms with Gasteiger partial charge >= 0.3 is 6.18 Å². The Hall–Kier alpha value is -2.38. The average molecular weight is 473 g/mol. The van der Waals surface area contributed by atoms with Crippen molar-refractivity contribution in [2.75, 3.05) is 30.4 Å². The van der Waals surface area contributed by atoms with Crippen molar-refractivity contribution in [2.24, 2.45) is 0 Å². The van der Waals surface area contributed by atoms with Gasteiger partial charge in [-0.2, -0.15) is 13.2 Å². The number of hydrogen-bond donors (Lipinski definition) is 1. The third-order valence-corrected chi connectivity index (χ3v) is 5.43. The summed E-state index contributed by atoms with van der Waals surface area (Å²) in [7, 11) is 1.43. The molecule has 1 fully saturated rings. The van der Waals surface area contributed by atoms with E-state index in [1.165, 1.54) is 31.4 Å². The van der Waals surface area contributed by atoms with Crippen LogP contribution in [0.3, 0.4) is 0 Å². The normalized spacial score (nSPS) is 14.7. The summed E-state index contributed by atoms with van der Waals surface area (Å²) >= 11 is 12.1. The first kappa shape index (κ1) is 23.3. The summed E-state index contributed by atoms with van der Waals surface area (Å²) in [5.74, 6) is -0.251. The molecular weight excluding hydrogens is 452 g/mol. The minimum atomic E-state index is -4.51. The zero-order valence-electron chi connectivity index (χ0n) is 16.7. The number of rotatable bonds is 5. The Morgan fingerprint density at radius 3 is 2.48 bits per heavy atom.